The molecule has 4 saturated carbocycles. The third-order valence-corrected chi connectivity index (χ3v) is 15.0. The molecule has 6 aromatic carbocycles. The van der Waals surface area contributed by atoms with Gasteiger partial charge in [0.15, 0.2) is 0 Å². The molecule has 1 spiro atoms. The lowest BCUT2D eigenvalue weighted by molar-refractivity contribution is 0.173. The smallest absolute Gasteiger partial charge is 0.139 e. The number of para-hydroxylation sites is 1. The number of nitrogens with zero attached hydrogens (tertiary/aromatic N) is 1. The predicted molar refractivity (Wildman–Crippen MR) is 227 cm³/mol. The van der Waals surface area contributed by atoms with Crippen molar-refractivity contribution in [3.05, 3.63) is 162 Å². The number of fused-ring (bicyclic) bond motifs is 3. The van der Waals surface area contributed by atoms with Crippen LogP contribution in [0.5, 0.6) is 11.5 Å². The lowest BCUT2D eigenvalue weighted by Crippen LogP contribution is -2.44. The molecule has 0 aromatic heterocycles. The van der Waals surface area contributed by atoms with Crippen LogP contribution in [0.25, 0.3) is 22.3 Å². The van der Waals surface area contributed by atoms with Gasteiger partial charge in [0, 0.05) is 39.2 Å². The van der Waals surface area contributed by atoms with E-state index < -0.39 is 0 Å². The van der Waals surface area contributed by atoms with Gasteiger partial charge < -0.3 is 9.64 Å². The second-order valence-electron chi connectivity index (χ2n) is 18.8. The molecule has 0 saturated heterocycles. The minimum atomic E-state index is -0.0495. The van der Waals surface area contributed by atoms with Gasteiger partial charge in [-0.2, -0.15) is 0 Å². The molecule has 5 unspecified atom stereocenters. The Morgan fingerprint density at radius 1 is 0.509 bits per heavy atom. The van der Waals surface area contributed by atoms with Crippen LogP contribution >= 0.6 is 0 Å². The van der Waals surface area contributed by atoms with E-state index in [0.29, 0.717) is 11.8 Å². The summed E-state index contributed by atoms with van der Waals surface area (Å²) in [4.78, 5) is 2.55. The first kappa shape index (κ1) is 33.3. The van der Waals surface area contributed by atoms with Crippen LogP contribution in [0.4, 0.5) is 17.1 Å². The summed E-state index contributed by atoms with van der Waals surface area (Å²) in [5.41, 5.74) is 14.5. The first-order chi connectivity index (χ1) is 26.7. The third-order valence-electron chi connectivity index (χ3n) is 15.0. The number of rotatable bonds is 5. The zero-order valence-electron chi connectivity index (χ0n) is 32.7. The Morgan fingerprint density at radius 3 is 1.89 bits per heavy atom. The second-order valence-corrected chi connectivity index (χ2v) is 18.8. The minimum absolute atomic E-state index is 0.0495. The standard InChI is InChI=1S/C53H51NO/c1-51(2)25-26-52(3,4)47-32-41(23-24-44(47)51)54(40-21-19-36(20-22-40)35-13-7-5-8-14-35)42-31-43(37-15-9-6-10-16-37)50-48(33-42)53(45-17-11-12-18-49(45)55-50)39-28-34-27-38(30-39)46(53)29-34/h5-24,31-34,38-39,46H,25-30H2,1-4H3. The van der Waals surface area contributed by atoms with E-state index in [0.717, 1.165) is 23.3 Å². The van der Waals surface area contributed by atoms with E-state index in [1.54, 1.807) is 0 Å². The van der Waals surface area contributed by atoms with E-state index in [-0.39, 0.29) is 16.2 Å². The van der Waals surface area contributed by atoms with E-state index in [9.17, 15) is 0 Å². The van der Waals surface area contributed by atoms with Gasteiger partial charge in [-0.15, -0.1) is 0 Å². The molecular formula is C53H51NO. The zero-order chi connectivity index (χ0) is 37.1. The van der Waals surface area contributed by atoms with E-state index in [1.807, 2.05) is 0 Å². The molecule has 4 fully saturated rings. The average Bonchev–Trinajstić information content (AvgIpc) is 3.62. The van der Waals surface area contributed by atoms with Gasteiger partial charge in [-0.3, -0.25) is 0 Å². The molecule has 0 amide bonds. The summed E-state index contributed by atoms with van der Waals surface area (Å²) in [5.74, 6) is 5.06. The van der Waals surface area contributed by atoms with Gasteiger partial charge in [0.1, 0.15) is 11.5 Å². The fraction of sp³-hybridized carbons (Fsp3) is 0.321. The Kier molecular flexibility index (Phi) is 7.23. The Morgan fingerprint density at radius 2 is 1.15 bits per heavy atom. The van der Waals surface area contributed by atoms with Gasteiger partial charge in [-0.05, 0) is 143 Å². The lowest BCUT2D eigenvalue weighted by Gasteiger charge is -2.49. The van der Waals surface area contributed by atoms with Crippen LogP contribution in [0.2, 0.25) is 0 Å². The van der Waals surface area contributed by atoms with Crippen LogP contribution < -0.4 is 9.64 Å². The fourth-order valence-corrected chi connectivity index (χ4v) is 12.4. The highest BCUT2D eigenvalue weighted by Crippen LogP contribution is 2.73. The summed E-state index contributed by atoms with van der Waals surface area (Å²) in [6, 6.07) is 52.5. The molecule has 5 atom stereocenters. The minimum Gasteiger partial charge on any atom is -0.456 e. The normalized spacial score (nSPS) is 25.9. The molecule has 6 aromatic rings. The first-order valence-corrected chi connectivity index (χ1v) is 20.8. The van der Waals surface area contributed by atoms with Crippen molar-refractivity contribution in [3.8, 4) is 33.8 Å². The maximum Gasteiger partial charge on any atom is 0.139 e. The molecule has 2 nitrogen and oxygen atoms in total. The van der Waals surface area contributed by atoms with Gasteiger partial charge in [-0.1, -0.05) is 125 Å². The molecule has 1 aliphatic heterocycles. The molecule has 6 aliphatic rings. The Hall–Kier alpha value is -5.08. The molecule has 1 heterocycles. The quantitative estimate of drug-likeness (QED) is 0.176. The summed E-state index contributed by atoms with van der Waals surface area (Å²) >= 11 is 0. The number of benzene rings is 6. The molecule has 4 bridgehead atoms. The summed E-state index contributed by atoms with van der Waals surface area (Å²) in [6.45, 7) is 9.74. The van der Waals surface area contributed by atoms with Crippen molar-refractivity contribution in [2.75, 3.05) is 4.90 Å². The maximum absolute atomic E-state index is 7.18. The molecule has 0 radical (unpaired) electrons. The van der Waals surface area contributed by atoms with Crippen LogP contribution in [0, 0.1) is 23.7 Å². The zero-order valence-corrected chi connectivity index (χ0v) is 32.7. The Bertz CT molecular complexity index is 2440. The Labute approximate surface area is 327 Å². The second kappa shape index (κ2) is 12.0. The van der Waals surface area contributed by atoms with Crippen molar-refractivity contribution in [2.24, 2.45) is 23.7 Å². The highest BCUT2D eigenvalue weighted by Gasteiger charge is 2.66. The topological polar surface area (TPSA) is 12.5 Å². The fourth-order valence-electron chi connectivity index (χ4n) is 12.4. The molecule has 5 aliphatic carbocycles. The van der Waals surface area contributed by atoms with Gasteiger partial charge >= 0.3 is 0 Å². The molecule has 55 heavy (non-hydrogen) atoms. The first-order valence-electron chi connectivity index (χ1n) is 20.8. The van der Waals surface area contributed by atoms with Crippen molar-refractivity contribution in [1.82, 2.24) is 0 Å². The predicted octanol–water partition coefficient (Wildman–Crippen LogP) is 14.3. The van der Waals surface area contributed by atoms with Crippen molar-refractivity contribution in [3.63, 3.8) is 0 Å². The number of anilines is 3. The van der Waals surface area contributed by atoms with Crippen LogP contribution in [0.15, 0.2) is 140 Å². The monoisotopic (exact) mass is 717 g/mol. The van der Waals surface area contributed by atoms with Crippen LogP contribution in [-0.2, 0) is 16.2 Å². The van der Waals surface area contributed by atoms with Gasteiger partial charge in [0.25, 0.3) is 0 Å². The summed E-state index contributed by atoms with van der Waals surface area (Å²) in [7, 11) is 0. The summed E-state index contributed by atoms with van der Waals surface area (Å²) in [5, 5.41) is 0. The molecule has 12 rings (SSSR count). The van der Waals surface area contributed by atoms with Gasteiger partial charge in [0.2, 0.25) is 0 Å². The number of hydrogen-bond donors (Lipinski definition) is 0. The van der Waals surface area contributed by atoms with Crippen molar-refractivity contribution in [1.29, 1.82) is 0 Å². The lowest BCUT2D eigenvalue weighted by atomic mass is 9.56. The van der Waals surface area contributed by atoms with E-state index in [4.69, 9.17) is 4.74 Å². The number of hydrogen-bond acceptors (Lipinski definition) is 2. The van der Waals surface area contributed by atoms with E-state index in [2.05, 4.69) is 172 Å². The van der Waals surface area contributed by atoms with Gasteiger partial charge in [-0.25, -0.2) is 0 Å². The van der Waals surface area contributed by atoms with Crippen molar-refractivity contribution in [2.45, 2.75) is 82.5 Å². The van der Waals surface area contributed by atoms with Crippen LogP contribution in [0.3, 0.4) is 0 Å². The summed E-state index contributed by atoms with van der Waals surface area (Å²) in [6.07, 6.45) is 7.78. The van der Waals surface area contributed by atoms with Crippen LogP contribution in [-0.4, -0.2) is 0 Å². The largest absolute Gasteiger partial charge is 0.456 e. The molecule has 0 N–H and O–H groups in total. The highest BCUT2D eigenvalue weighted by atomic mass is 16.5. The van der Waals surface area contributed by atoms with Crippen molar-refractivity contribution < 1.29 is 4.74 Å². The van der Waals surface area contributed by atoms with Gasteiger partial charge in [0.05, 0.1) is 0 Å². The van der Waals surface area contributed by atoms with E-state index in [1.165, 1.54) is 100 Å². The summed E-state index contributed by atoms with van der Waals surface area (Å²) < 4.78 is 7.18. The highest BCUT2D eigenvalue weighted by molar-refractivity contribution is 5.86. The maximum atomic E-state index is 7.18. The van der Waals surface area contributed by atoms with Crippen molar-refractivity contribution >= 4 is 17.1 Å². The third kappa shape index (κ3) is 4.92. The van der Waals surface area contributed by atoms with E-state index >= 15 is 0 Å². The number of ether oxygens (including phenoxy) is 1. The van der Waals surface area contributed by atoms with Crippen LogP contribution in [0.1, 0.15) is 88.5 Å². The molecular weight excluding hydrogens is 667 g/mol. The SMILES string of the molecule is CC1(C)CCC(C)(C)c2cc(N(c3ccc(-c4ccccc4)cc3)c3cc(-c4ccccc4)c4c(c3)C3(c5ccccc5O4)C4CC5CC(C4)C3C5)ccc21. The molecule has 274 valence electrons. The Balaban J connectivity index is 1.18. The molecule has 2 heteroatoms. The average molecular weight is 718 g/mol.